The summed E-state index contributed by atoms with van der Waals surface area (Å²) in [5.41, 5.74) is 0.424. The molecule has 1 heterocycles. The lowest BCUT2D eigenvalue weighted by Crippen LogP contribution is -2.35. The zero-order valence-corrected chi connectivity index (χ0v) is 17.0. The predicted molar refractivity (Wildman–Crippen MR) is 109 cm³/mol. The highest BCUT2D eigenvalue weighted by Crippen LogP contribution is 2.21. The van der Waals surface area contributed by atoms with Crippen LogP contribution < -0.4 is 9.46 Å². The maximum atomic E-state index is 12.5. The molecule has 0 atom stereocenters. The van der Waals surface area contributed by atoms with Gasteiger partial charge in [-0.3, -0.25) is 9.52 Å². The van der Waals surface area contributed by atoms with Gasteiger partial charge in [0, 0.05) is 23.8 Å². The zero-order valence-electron chi connectivity index (χ0n) is 15.4. The summed E-state index contributed by atoms with van der Waals surface area (Å²) < 4.78 is 32.9. The van der Waals surface area contributed by atoms with Crippen LogP contribution in [0.1, 0.15) is 25.7 Å². The zero-order chi connectivity index (χ0) is 20.0. The van der Waals surface area contributed by atoms with E-state index in [4.69, 9.17) is 16.3 Å². The molecule has 28 heavy (non-hydrogen) atoms. The highest BCUT2D eigenvalue weighted by Gasteiger charge is 2.17. The minimum absolute atomic E-state index is 0.0389. The molecule has 1 amide bonds. The van der Waals surface area contributed by atoms with Gasteiger partial charge < -0.3 is 9.64 Å². The van der Waals surface area contributed by atoms with E-state index in [2.05, 4.69) is 4.72 Å². The molecule has 150 valence electrons. The number of anilines is 1. The van der Waals surface area contributed by atoms with Crippen LogP contribution in [0.25, 0.3) is 0 Å². The van der Waals surface area contributed by atoms with Crippen LogP contribution >= 0.6 is 11.6 Å². The highest BCUT2D eigenvalue weighted by atomic mass is 35.5. The summed E-state index contributed by atoms with van der Waals surface area (Å²) in [7, 11) is -3.72. The summed E-state index contributed by atoms with van der Waals surface area (Å²) in [5, 5.41) is 0.527. The fraction of sp³-hybridized carbons (Fsp3) is 0.350. The van der Waals surface area contributed by atoms with Gasteiger partial charge in [-0.1, -0.05) is 24.4 Å². The Balaban J connectivity index is 1.57. The summed E-state index contributed by atoms with van der Waals surface area (Å²) in [6, 6.07) is 12.4. The second kappa shape index (κ2) is 9.30. The lowest BCUT2D eigenvalue weighted by molar-refractivity contribution is -0.133. The second-order valence-electron chi connectivity index (χ2n) is 6.67. The molecule has 1 saturated heterocycles. The molecule has 3 rings (SSSR count). The first-order valence-corrected chi connectivity index (χ1v) is 11.1. The first kappa shape index (κ1) is 20.5. The number of nitrogens with one attached hydrogen (secondary N) is 1. The van der Waals surface area contributed by atoms with Crippen molar-refractivity contribution in [2.45, 2.75) is 30.6 Å². The standard InChI is InChI=1S/C20H23ClN2O4S/c21-16-5-7-17(8-6-16)22-28(25,26)19-11-9-18(10-12-19)27-15-20(24)23-13-3-1-2-4-14-23/h5-12,22H,1-4,13-15H2. The van der Waals surface area contributed by atoms with Crippen molar-refractivity contribution < 1.29 is 17.9 Å². The molecule has 0 bridgehead atoms. The summed E-state index contributed by atoms with van der Waals surface area (Å²) in [4.78, 5) is 14.2. The molecule has 0 aromatic heterocycles. The van der Waals surface area contributed by atoms with Crippen LogP contribution in [-0.2, 0) is 14.8 Å². The van der Waals surface area contributed by atoms with Crippen LogP contribution in [0.4, 0.5) is 5.69 Å². The molecular formula is C20H23ClN2O4S. The van der Waals surface area contributed by atoms with Crippen LogP contribution in [0.2, 0.25) is 5.02 Å². The van der Waals surface area contributed by atoms with Gasteiger partial charge in [0.05, 0.1) is 4.90 Å². The number of halogens is 1. The van der Waals surface area contributed by atoms with Crippen molar-refractivity contribution in [2.24, 2.45) is 0 Å². The predicted octanol–water partition coefficient (Wildman–Crippen LogP) is 3.92. The minimum Gasteiger partial charge on any atom is -0.484 e. The number of sulfonamides is 1. The van der Waals surface area contributed by atoms with Gasteiger partial charge in [0.15, 0.2) is 6.61 Å². The molecule has 1 aliphatic heterocycles. The third kappa shape index (κ3) is 5.62. The molecule has 0 radical (unpaired) electrons. The van der Waals surface area contributed by atoms with E-state index in [-0.39, 0.29) is 17.4 Å². The van der Waals surface area contributed by atoms with E-state index >= 15 is 0 Å². The van der Waals surface area contributed by atoms with E-state index < -0.39 is 10.0 Å². The third-order valence-corrected chi connectivity index (χ3v) is 6.20. The number of benzene rings is 2. The van der Waals surface area contributed by atoms with Gasteiger partial charge >= 0.3 is 0 Å². The normalized spacial score (nSPS) is 15.0. The quantitative estimate of drug-likeness (QED) is 0.765. The van der Waals surface area contributed by atoms with Crippen LogP contribution in [0, 0.1) is 0 Å². The minimum atomic E-state index is -3.72. The Labute approximate surface area is 170 Å². The Hall–Kier alpha value is -2.25. The average molecular weight is 423 g/mol. The number of hydrogen-bond acceptors (Lipinski definition) is 4. The molecule has 2 aromatic carbocycles. The van der Waals surface area contributed by atoms with Crippen molar-refractivity contribution in [3.63, 3.8) is 0 Å². The first-order valence-electron chi connectivity index (χ1n) is 9.23. The Morgan fingerprint density at radius 2 is 1.57 bits per heavy atom. The van der Waals surface area contributed by atoms with Crippen LogP contribution in [0.3, 0.4) is 0 Å². The molecule has 0 spiro atoms. The Kier molecular flexibility index (Phi) is 6.80. The molecule has 0 saturated carbocycles. The smallest absolute Gasteiger partial charge is 0.261 e. The van der Waals surface area contributed by atoms with Gasteiger partial charge in [-0.2, -0.15) is 0 Å². The van der Waals surface area contributed by atoms with Gasteiger partial charge in [-0.05, 0) is 61.4 Å². The number of carbonyl (C=O) groups is 1. The van der Waals surface area contributed by atoms with E-state index in [0.717, 1.165) is 38.8 Å². The average Bonchev–Trinajstić information content (AvgIpc) is 2.98. The number of hydrogen-bond donors (Lipinski definition) is 1. The van der Waals surface area contributed by atoms with Gasteiger partial charge in [0.1, 0.15) is 5.75 Å². The number of carbonyl (C=O) groups excluding carboxylic acids is 1. The lowest BCUT2D eigenvalue weighted by atomic mass is 10.2. The molecule has 1 aliphatic rings. The van der Waals surface area contributed by atoms with Gasteiger partial charge in [-0.25, -0.2) is 8.42 Å². The fourth-order valence-electron chi connectivity index (χ4n) is 3.00. The maximum absolute atomic E-state index is 12.5. The van der Waals surface area contributed by atoms with Gasteiger partial charge in [0.2, 0.25) is 0 Å². The van der Waals surface area contributed by atoms with Crippen LogP contribution in [0.5, 0.6) is 5.75 Å². The van der Waals surface area contributed by atoms with E-state index in [1.165, 1.54) is 12.1 Å². The van der Waals surface area contributed by atoms with E-state index in [9.17, 15) is 13.2 Å². The van der Waals surface area contributed by atoms with E-state index in [1.807, 2.05) is 4.90 Å². The number of rotatable bonds is 6. The number of ether oxygens (including phenoxy) is 1. The molecule has 0 unspecified atom stereocenters. The Morgan fingerprint density at radius 3 is 2.18 bits per heavy atom. The van der Waals surface area contributed by atoms with Crippen molar-refractivity contribution in [1.82, 2.24) is 4.90 Å². The number of amides is 1. The van der Waals surface area contributed by atoms with Crippen LogP contribution in [0.15, 0.2) is 53.4 Å². The second-order valence-corrected chi connectivity index (χ2v) is 8.79. The largest absolute Gasteiger partial charge is 0.484 e. The van der Waals surface area contributed by atoms with Gasteiger partial charge in [0.25, 0.3) is 15.9 Å². The molecule has 8 heteroatoms. The van der Waals surface area contributed by atoms with E-state index in [1.54, 1.807) is 36.4 Å². The highest BCUT2D eigenvalue weighted by molar-refractivity contribution is 7.92. The molecular weight excluding hydrogens is 400 g/mol. The fourth-order valence-corrected chi connectivity index (χ4v) is 4.19. The topological polar surface area (TPSA) is 75.7 Å². The van der Waals surface area contributed by atoms with Crippen LogP contribution in [-0.4, -0.2) is 38.9 Å². The van der Waals surface area contributed by atoms with Gasteiger partial charge in [-0.15, -0.1) is 0 Å². The monoisotopic (exact) mass is 422 g/mol. The number of likely N-dealkylation sites (tertiary alicyclic amines) is 1. The third-order valence-electron chi connectivity index (χ3n) is 4.55. The summed E-state index contributed by atoms with van der Waals surface area (Å²) >= 11 is 5.81. The lowest BCUT2D eigenvalue weighted by Gasteiger charge is -2.20. The van der Waals surface area contributed by atoms with Crippen molar-refractivity contribution >= 4 is 33.2 Å². The molecule has 6 nitrogen and oxygen atoms in total. The summed E-state index contributed by atoms with van der Waals surface area (Å²) in [6.45, 7) is 1.50. The summed E-state index contributed by atoms with van der Waals surface area (Å²) in [6.07, 6.45) is 4.37. The molecule has 1 fully saturated rings. The SMILES string of the molecule is O=C(COc1ccc(S(=O)(=O)Nc2ccc(Cl)cc2)cc1)N1CCCCCC1. The van der Waals surface area contributed by atoms with Crippen molar-refractivity contribution in [3.8, 4) is 5.75 Å². The first-order chi connectivity index (χ1) is 13.4. The van der Waals surface area contributed by atoms with Crippen molar-refractivity contribution in [2.75, 3.05) is 24.4 Å². The maximum Gasteiger partial charge on any atom is 0.261 e. The molecule has 1 N–H and O–H groups in total. The molecule has 2 aromatic rings. The van der Waals surface area contributed by atoms with Crippen molar-refractivity contribution in [1.29, 1.82) is 0 Å². The van der Waals surface area contributed by atoms with Crippen molar-refractivity contribution in [3.05, 3.63) is 53.6 Å². The Bertz CT molecular complexity index is 891. The Morgan fingerprint density at radius 1 is 0.964 bits per heavy atom. The van der Waals surface area contributed by atoms with E-state index in [0.29, 0.717) is 16.5 Å². The number of nitrogens with zero attached hydrogens (tertiary/aromatic N) is 1. The summed E-state index contributed by atoms with van der Waals surface area (Å²) in [5.74, 6) is 0.414. The molecule has 0 aliphatic carbocycles.